The van der Waals surface area contributed by atoms with E-state index in [-0.39, 0.29) is 0 Å². The molecule has 1 saturated heterocycles. The fourth-order valence-electron chi connectivity index (χ4n) is 1.67. The van der Waals surface area contributed by atoms with Crippen LogP contribution < -0.4 is 0 Å². The highest BCUT2D eigenvalue weighted by Crippen LogP contribution is 2.24. The molecule has 2 rings (SSSR count). The number of furan rings is 1. The highest BCUT2D eigenvalue weighted by molar-refractivity contribution is 5.03. The van der Waals surface area contributed by atoms with Gasteiger partial charge >= 0.3 is 0 Å². The van der Waals surface area contributed by atoms with E-state index in [9.17, 15) is 5.11 Å². The van der Waals surface area contributed by atoms with Crippen molar-refractivity contribution in [2.45, 2.75) is 24.9 Å². The Kier molecular flexibility index (Phi) is 2.38. The normalized spacial score (nSPS) is 21.6. The topological polar surface area (TPSA) is 42.6 Å². The minimum Gasteiger partial charge on any atom is -0.469 e. The second-order valence-electron chi connectivity index (χ2n) is 3.59. The lowest BCUT2D eigenvalue weighted by Crippen LogP contribution is -2.38. The van der Waals surface area contributed by atoms with E-state index >= 15 is 0 Å². The fourth-order valence-corrected chi connectivity index (χ4v) is 1.67. The minimum atomic E-state index is -0.615. The highest BCUT2D eigenvalue weighted by Gasteiger charge is 2.30. The van der Waals surface area contributed by atoms with Gasteiger partial charge in [-0.15, -0.1) is 0 Å². The van der Waals surface area contributed by atoms with Crippen molar-refractivity contribution in [2.75, 3.05) is 13.2 Å². The van der Waals surface area contributed by atoms with E-state index in [1.807, 2.05) is 12.1 Å². The van der Waals surface area contributed by atoms with Crippen molar-refractivity contribution in [3.05, 3.63) is 24.2 Å². The summed E-state index contributed by atoms with van der Waals surface area (Å²) in [5.74, 6) is 0.851. The Morgan fingerprint density at radius 2 is 2.15 bits per heavy atom. The first kappa shape index (κ1) is 8.78. The Balaban J connectivity index is 1.99. The molecule has 3 heteroatoms. The van der Waals surface area contributed by atoms with Crippen molar-refractivity contribution in [3.63, 3.8) is 0 Å². The SMILES string of the molecule is OC1(Cc2ccco2)CCOCC1. The van der Waals surface area contributed by atoms with Gasteiger partial charge in [-0.25, -0.2) is 0 Å². The predicted octanol–water partition coefficient (Wildman–Crippen LogP) is 1.36. The zero-order valence-corrected chi connectivity index (χ0v) is 7.53. The first-order valence-corrected chi connectivity index (χ1v) is 4.61. The van der Waals surface area contributed by atoms with E-state index in [4.69, 9.17) is 9.15 Å². The number of rotatable bonds is 2. The third-order valence-electron chi connectivity index (χ3n) is 2.51. The number of hydrogen-bond acceptors (Lipinski definition) is 3. The molecule has 0 aliphatic carbocycles. The van der Waals surface area contributed by atoms with E-state index in [1.165, 1.54) is 0 Å². The molecule has 0 atom stereocenters. The van der Waals surface area contributed by atoms with Crippen LogP contribution in [-0.2, 0) is 11.2 Å². The van der Waals surface area contributed by atoms with Gasteiger partial charge in [0.25, 0.3) is 0 Å². The van der Waals surface area contributed by atoms with Crippen molar-refractivity contribution < 1.29 is 14.3 Å². The minimum absolute atomic E-state index is 0.601. The zero-order valence-electron chi connectivity index (χ0n) is 7.53. The monoisotopic (exact) mass is 182 g/mol. The fraction of sp³-hybridized carbons (Fsp3) is 0.600. The maximum atomic E-state index is 10.1. The average Bonchev–Trinajstić information content (AvgIpc) is 2.57. The summed E-state index contributed by atoms with van der Waals surface area (Å²) in [4.78, 5) is 0. The predicted molar refractivity (Wildman–Crippen MR) is 47.4 cm³/mol. The molecule has 1 aromatic rings. The van der Waals surface area contributed by atoms with Crippen LogP contribution in [0.2, 0.25) is 0 Å². The Morgan fingerprint density at radius 3 is 2.77 bits per heavy atom. The Bertz CT molecular complexity index is 247. The largest absolute Gasteiger partial charge is 0.469 e. The summed E-state index contributed by atoms with van der Waals surface area (Å²) in [6.45, 7) is 1.30. The molecule has 1 aliphatic heterocycles. The number of ether oxygens (including phenoxy) is 1. The molecule has 0 aromatic carbocycles. The molecule has 1 fully saturated rings. The van der Waals surface area contributed by atoms with Crippen LogP contribution in [0.25, 0.3) is 0 Å². The zero-order chi connectivity index (χ0) is 9.15. The molecule has 2 heterocycles. The van der Waals surface area contributed by atoms with Crippen LogP contribution in [0.5, 0.6) is 0 Å². The van der Waals surface area contributed by atoms with Crippen LogP contribution >= 0.6 is 0 Å². The molecule has 3 nitrogen and oxygen atoms in total. The van der Waals surface area contributed by atoms with E-state index in [0.717, 1.165) is 5.76 Å². The molecule has 0 radical (unpaired) electrons. The second kappa shape index (κ2) is 3.52. The van der Waals surface area contributed by atoms with Gasteiger partial charge in [-0.05, 0) is 12.1 Å². The molecule has 1 aliphatic rings. The summed E-state index contributed by atoms with van der Waals surface area (Å²) in [5.41, 5.74) is -0.615. The molecule has 1 N–H and O–H groups in total. The Labute approximate surface area is 77.3 Å². The maximum Gasteiger partial charge on any atom is 0.106 e. The molecule has 0 saturated carbocycles. The molecule has 72 valence electrons. The lowest BCUT2D eigenvalue weighted by atomic mass is 9.90. The molecule has 1 aromatic heterocycles. The summed E-state index contributed by atoms with van der Waals surface area (Å²) in [5, 5.41) is 10.1. The van der Waals surface area contributed by atoms with Crippen molar-refractivity contribution in [1.29, 1.82) is 0 Å². The van der Waals surface area contributed by atoms with Crippen LogP contribution in [0, 0.1) is 0 Å². The van der Waals surface area contributed by atoms with Crippen LogP contribution in [0.15, 0.2) is 22.8 Å². The van der Waals surface area contributed by atoms with E-state index in [2.05, 4.69) is 0 Å². The van der Waals surface area contributed by atoms with Gasteiger partial charge in [0.05, 0.1) is 11.9 Å². The number of hydrogen-bond donors (Lipinski definition) is 1. The van der Waals surface area contributed by atoms with Crippen LogP contribution in [-0.4, -0.2) is 23.9 Å². The van der Waals surface area contributed by atoms with E-state index < -0.39 is 5.60 Å². The standard InChI is InChI=1S/C10H14O3/c11-10(3-6-12-7-4-10)8-9-2-1-5-13-9/h1-2,5,11H,3-4,6-8H2. The van der Waals surface area contributed by atoms with Gasteiger partial charge in [-0.2, -0.15) is 0 Å². The van der Waals surface area contributed by atoms with E-state index in [1.54, 1.807) is 6.26 Å². The number of aliphatic hydroxyl groups is 1. The van der Waals surface area contributed by atoms with Gasteiger partial charge in [0.2, 0.25) is 0 Å². The van der Waals surface area contributed by atoms with Crippen molar-refractivity contribution in [3.8, 4) is 0 Å². The van der Waals surface area contributed by atoms with Crippen molar-refractivity contribution in [2.24, 2.45) is 0 Å². The molecular formula is C10H14O3. The van der Waals surface area contributed by atoms with Gasteiger partial charge in [0.1, 0.15) is 5.76 Å². The van der Waals surface area contributed by atoms with Crippen LogP contribution in [0.3, 0.4) is 0 Å². The van der Waals surface area contributed by atoms with Crippen LogP contribution in [0.1, 0.15) is 18.6 Å². The van der Waals surface area contributed by atoms with Crippen molar-refractivity contribution >= 4 is 0 Å². The van der Waals surface area contributed by atoms with Crippen molar-refractivity contribution in [1.82, 2.24) is 0 Å². The smallest absolute Gasteiger partial charge is 0.106 e. The van der Waals surface area contributed by atoms with Crippen LogP contribution in [0.4, 0.5) is 0 Å². The van der Waals surface area contributed by atoms with Gasteiger partial charge in [-0.1, -0.05) is 0 Å². The lowest BCUT2D eigenvalue weighted by Gasteiger charge is -2.31. The van der Waals surface area contributed by atoms with Gasteiger partial charge in [0.15, 0.2) is 0 Å². The Hall–Kier alpha value is -0.800. The molecule has 0 amide bonds. The van der Waals surface area contributed by atoms with Gasteiger partial charge in [0, 0.05) is 32.5 Å². The third-order valence-corrected chi connectivity index (χ3v) is 2.51. The summed E-state index contributed by atoms with van der Waals surface area (Å²) in [6.07, 6.45) is 3.64. The summed E-state index contributed by atoms with van der Waals surface area (Å²) in [7, 11) is 0. The average molecular weight is 182 g/mol. The first-order valence-electron chi connectivity index (χ1n) is 4.61. The van der Waals surface area contributed by atoms with E-state index in [0.29, 0.717) is 32.5 Å². The molecule has 0 unspecified atom stereocenters. The Morgan fingerprint density at radius 1 is 1.38 bits per heavy atom. The highest BCUT2D eigenvalue weighted by atomic mass is 16.5. The van der Waals surface area contributed by atoms with Gasteiger partial charge in [-0.3, -0.25) is 0 Å². The molecule has 13 heavy (non-hydrogen) atoms. The second-order valence-corrected chi connectivity index (χ2v) is 3.59. The molecule has 0 bridgehead atoms. The first-order chi connectivity index (χ1) is 6.29. The maximum absolute atomic E-state index is 10.1. The third kappa shape index (κ3) is 2.11. The van der Waals surface area contributed by atoms with Gasteiger partial charge < -0.3 is 14.3 Å². The summed E-state index contributed by atoms with van der Waals surface area (Å²) in [6, 6.07) is 3.74. The summed E-state index contributed by atoms with van der Waals surface area (Å²) >= 11 is 0. The molecule has 0 spiro atoms. The molecular weight excluding hydrogens is 168 g/mol. The lowest BCUT2D eigenvalue weighted by molar-refractivity contribution is -0.0649. The summed E-state index contributed by atoms with van der Waals surface area (Å²) < 4.78 is 10.4. The quantitative estimate of drug-likeness (QED) is 0.751.